The summed E-state index contributed by atoms with van der Waals surface area (Å²) < 4.78 is 15.7. The Balaban J connectivity index is 1.19. The number of ether oxygens (including phenoxy) is 3. The highest BCUT2D eigenvalue weighted by Gasteiger charge is 2.45. The fraction of sp³-hybridized carbons (Fsp3) is 0.333. The van der Waals surface area contributed by atoms with E-state index in [1.807, 2.05) is 0 Å². The van der Waals surface area contributed by atoms with Crippen LogP contribution in [0.25, 0.3) is 0 Å². The average Bonchev–Trinajstić information content (AvgIpc) is 3.61. The third kappa shape index (κ3) is 11.2. The van der Waals surface area contributed by atoms with Gasteiger partial charge in [0.15, 0.2) is 0 Å². The molecule has 0 aliphatic carbocycles. The molecule has 2 saturated heterocycles. The molecule has 2 atom stereocenters. The minimum absolute atomic E-state index is 0.0592. The Kier molecular flexibility index (Phi) is 14.1. The van der Waals surface area contributed by atoms with Gasteiger partial charge >= 0.3 is 18.3 Å². The van der Waals surface area contributed by atoms with Gasteiger partial charge in [0, 0.05) is 68.3 Å². The summed E-state index contributed by atoms with van der Waals surface area (Å²) in [6.45, 7) is -1.52. The smallest absolute Gasteiger partial charge is 0.437 e. The fourth-order valence-electron chi connectivity index (χ4n) is 5.95. The van der Waals surface area contributed by atoms with Crippen molar-refractivity contribution in [3.63, 3.8) is 0 Å². The number of carbonyl (C=O) groups excluding carboxylic acids is 5. The Hall–Kier alpha value is -7.37. The number of nitrogens with two attached hydrogens (primary N) is 1. The summed E-state index contributed by atoms with van der Waals surface area (Å²) in [6, 6.07) is 14.2. The monoisotopic (exact) mass is 851 g/mol. The normalized spacial score (nSPS) is 16.3. The van der Waals surface area contributed by atoms with Crippen molar-refractivity contribution in [3.8, 4) is 0 Å². The van der Waals surface area contributed by atoms with Crippen LogP contribution in [0.15, 0.2) is 77.8 Å². The second-order valence-corrected chi connectivity index (χ2v) is 14.2. The van der Waals surface area contributed by atoms with Crippen LogP contribution in [0.2, 0.25) is 0 Å². The van der Waals surface area contributed by atoms with E-state index in [-0.39, 0.29) is 61.6 Å². The van der Waals surface area contributed by atoms with Crippen molar-refractivity contribution in [1.82, 2.24) is 19.6 Å². The van der Waals surface area contributed by atoms with Gasteiger partial charge in [-0.1, -0.05) is 0 Å². The molecule has 0 spiro atoms. The number of likely N-dealkylation sites (N-methyl/N-ethyl adjacent to an activating group) is 1. The summed E-state index contributed by atoms with van der Waals surface area (Å²) >= 11 is 4.46. The van der Waals surface area contributed by atoms with E-state index in [0.717, 1.165) is 0 Å². The van der Waals surface area contributed by atoms with E-state index in [9.17, 15) is 54.3 Å². The molecule has 5 amide bonds. The largest absolute Gasteiger partial charge is 0.445 e. The SMILES string of the molecule is CN(C(=O)CN(C(=O)OCc1ccc([N+](=O)[O-])cc1)C(N)=NC(=O)OCc1ccc([N+](=O)[O-])cc1)C1CN(C(=O)[C@@H]2C[C@H](S)CN2C(=O)OCc2ccc([N+](=O)[O-])cc2)C1. The Labute approximate surface area is 345 Å². The van der Waals surface area contributed by atoms with E-state index in [4.69, 9.17) is 19.9 Å². The van der Waals surface area contributed by atoms with Crippen molar-refractivity contribution in [2.24, 2.45) is 10.7 Å². The van der Waals surface area contributed by atoms with Crippen molar-refractivity contribution in [2.45, 2.75) is 43.6 Å². The minimum atomic E-state index is -1.27. The molecule has 0 aromatic heterocycles. The first kappa shape index (κ1) is 43.7. The van der Waals surface area contributed by atoms with Gasteiger partial charge in [-0.15, -0.1) is 4.99 Å². The highest BCUT2D eigenvalue weighted by atomic mass is 32.1. The summed E-state index contributed by atoms with van der Waals surface area (Å²) in [6.07, 6.45) is -3.03. The third-order valence-corrected chi connectivity index (χ3v) is 9.81. The number of nitro benzene ring substituents is 3. The van der Waals surface area contributed by atoms with Gasteiger partial charge in [-0.05, 0) is 59.5 Å². The molecule has 0 saturated carbocycles. The van der Waals surface area contributed by atoms with Gasteiger partial charge in [0.2, 0.25) is 17.8 Å². The van der Waals surface area contributed by atoms with Crippen LogP contribution in [-0.4, -0.2) is 121 Å². The van der Waals surface area contributed by atoms with Crippen LogP contribution in [0.5, 0.6) is 0 Å². The summed E-state index contributed by atoms with van der Waals surface area (Å²) in [5.74, 6) is -1.90. The van der Waals surface area contributed by atoms with E-state index in [1.165, 1.54) is 94.5 Å². The summed E-state index contributed by atoms with van der Waals surface area (Å²) in [5.41, 5.74) is 6.72. The number of likely N-dealkylation sites (tertiary alicyclic amines) is 2. The Bertz CT molecular complexity index is 2170. The van der Waals surface area contributed by atoms with E-state index in [0.29, 0.717) is 21.6 Å². The van der Waals surface area contributed by atoms with Crippen molar-refractivity contribution in [1.29, 1.82) is 0 Å². The summed E-state index contributed by atoms with van der Waals surface area (Å²) in [7, 11) is 1.42. The van der Waals surface area contributed by atoms with Crippen molar-refractivity contribution < 1.29 is 53.0 Å². The Morgan fingerprint density at radius 3 is 1.67 bits per heavy atom. The van der Waals surface area contributed by atoms with Gasteiger partial charge in [0.25, 0.3) is 17.1 Å². The number of carbonyl (C=O) groups is 5. The molecule has 5 rings (SSSR count). The van der Waals surface area contributed by atoms with Gasteiger partial charge in [-0.3, -0.25) is 44.8 Å². The van der Waals surface area contributed by atoms with E-state index < -0.39 is 76.1 Å². The minimum Gasteiger partial charge on any atom is -0.445 e. The average molecular weight is 852 g/mol. The molecule has 316 valence electrons. The number of thiol groups is 1. The molecule has 2 aliphatic rings. The van der Waals surface area contributed by atoms with Crippen molar-refractivity contribution >= 4 is 65.7 Å². The zero-order valence-corrected chi connectivity index (χ0v) is 32.5. The van der Waals surface area contributed by atoms with Crippen molar-refractivity contribution in [2.75, 3.05) is 33.2 Å². The number of rotatable bonds is 13. The van der Waals surface area contributed by atoms with Crippen LogP contribution in [-0.2, 0) is 43.6 Å². The Morgan fingerprint density at radius 2 is 1.20 bits per heavy atom. The molecular weight excluding hydrogens is 815 g/mol. The molecule has 3 aromatic rings. The molecule has 0 bridgehead atoms. The molecule has 24 heteroatoms. The van der Waals surface area contributed by atoms with Crippen LogP contribution < -0.4 is 5.73 Å². The predicted molar refractivity (Wildman–Crippen MR) is 209 cm³/mol. The summed E-state index contributed by atoms with van der Waals surface area (Å²) in [4.78, 5) is 105. The molecule has 23 nitrogen and oxygen atoms in total. The number of guanidine groups is 1. The number of hydrogen-bond acceptors (Lipinski definition) is 15. The second-order valence-electron chi connectivity index (χ2n) is 13.4. The fourth-order valence-corrected chi connectivity index (χ4v) is 6.33. The molecule has 60 heavy (non-hydrogen) atoms. The maximum absolute atomic E-state index is 13.6. The van der Waals surface area contributed by atoms with Gasteiger partial charge in [-0.2, -0.15) is 12.6 Å². The van der Waals surface area contributed by atoms with Crippen molar-refractivity contribution in [3.05, 3.63) is 120 Å². The molecule has 2 aliphatic heterocycles. The first-order valence-corrected chi connectivity index (χ1v) is 18.3. The molecule has 2 N–H and O–H groups in total. The lowest BCUT2D eigenvalue weighted by Crippen LogP contribution is -2.65. The summed E-state index contributed by atoms with van der Waals surface area (Å²) in [5, 5.41) is 32.5. The van der Waals surface area contributed by atoms with Crippen LogP contribution >= 0.6 is 12.6 Å². The number of aliphatic imine (C=N–C) groups is 1. The van der Waals surface area contributed by atoms with Gasteiger partial charge in [-0.25, -0.2) is 19.3 Å². The number of hydrogen-bond donors (Lipinski definition) is 2. The lowest BCUT2D eigenvalue weighted by atomic mass is 10.0. The highest BCUT2D eigenvalue weighted by molar-refractivity contribution is 7.81. The van der Waals surface area contributed by atoms with E-state index >= 15 is 0 Å². The highest BCUT2D eigenvalue weighted by Crippen LogP contribution is 2.27. The zero-order chi connectivity index (χ0) is 43.7. The molecular formula is C36H37N9O14S. The number of non-ortho nitro benzene ring substituents is 3. The number of nitrogens with zero attached hydrogens (tertiary/aromatic N) is 8. The first-order valence-electron chi connectivity index (χ1n) is 17.8. The third-order valence-electron chi connectivity index (χ3n) is 9.44. The van der Waals surface area contributed by atoms with E-state index in [1.54, 1.807) is 0 Å². The molecule has 2 fully saturated rings. The topological polar surface area (TPSA) is 294 Å². The predicted octanol–water partition coefficient (Wildman–Crippen LogP) is 3.38. The first-order chi connectivity index (χ1) is 28.5. The maximum atomic E-state index is 13.6. The molecule has 0 unspecified atom stereocenters. The maximum Gasteiger partial charge on any atom is 0.437 e. The van der Waals surface area contributed by atoms with Crippen LogP contribution in [0, 0.1) is 30.3 Å². The second kappa shape index (κ2) is 19.4. The van der Waals surface area contributed by atoms with Crippen LogP contribution in [0.3, 0.4) is 0 Å². The zero-order valence-electron chi connectivity index (χ0n) is 31.6. The van der Waals surface area contributed by atoms with Gasteiger partial charge in [0.05, 0.1) is 20.8 Å². The number of nitro groups is 3. The standard InChI is InChI=1S/C36H37N9O14S/c1-39(28-15-40(16-28)32(47)30-14-29(60)17-41(30)35(49)58-20-23-4-10-26(11-5-23)44(53)54)31(46)18-42(36(50)59-21-24-6-12-27(13-7-24)45(55)56)33(37)38-34(48)57-19-22-2-8-25(9-3-22)43(51)52/h2-13,28-30,60H,14-21H2,1H3,(H2,37,38,48)/t29-,30-/m0/s1. The van der Waals surface area contributed by atoms with Gasteiger partial charge in [0.1, 0.15) is 32.4 Å². The van der Waals surface area contributed by atoms with Crippen LogP contribution in [0.1, 0.15) is 23.1 Å². The lowest BCUT2D eigenvalue weighted by Gasteiger charge is -2.45. The van der Waals surface area contributed by atoms with E-state index in [2.05, 4.69) is 17.6 Å². The lowest BCUT2D eigenvalue weighted by molar-refractivity contribution is -0.385. The molecule has 3 aromatic carbocycles. The van der Waals surface area contributed by atoms with Crippen LogP contribution in [0.4, 0.5) is 31.4 Å². The molecule has 0 radical (unpaired) electrons. The number of benzene rings is 3. The van der Waals surface area contributed by atoms with Gasteiger partial charge < -0.3 is 29.7 Å². The number of amides is 5. The Morgan fingerprint density at radius 1 is 0.750 bits per heavy atom. The molecule has 2 heterocycles. The quantitative estimate of drug-likeness (QED) is 0.0622.